The van der Waals surface area contributed by atoms with Gasteiger partial charge in [-0.1, -0.05) is 13.2 Å². The molecule has 0 aliphatic carbocycles. The second-order valence-corrected chi connectivity index (χ2v) is 49.9. The number of carbonyl (C=O) groups excluding carboxylic acids is 2. The molecule has 0 fully saturated rings. The molecule has 0 rings (SSSR count). The molecule has 13 nitrogen and oxygen atoms in total. The predicted octanol–water partition coefficient (Wildman–Crippen LogP) is 11.9. The zero-order valence-corrected chi connectivity index (χ0v) is 58.1. The lowest BCUT2D eigenvalue weighted by Gasteiger charge is -2.35. The zero-order valence-electron chi connectivity index (χ0n) is 53.1. The lowest BCUT2D eigenvalue weighted by molar-refractivity contribution is -0.890. The van der Waals surface area contributed by atoms with Crippen LogP contribution in [0.2, 0.25) is 95.7 Å². The van der Waals surface area contributed by atoms with E-state index in [1.54, 1.807) is 6.92 Å². The summed E-state index contributed by atoms with van der Waals surface area (Å²) in [5.41, 5.74) is 0.457. The molecule has 18 heteroatoms. The Labute approximate surface area is 469 Å². The summed E-state index contributed by atoms with van der Waals surface area (Å²) >= 11 is 0. The van der Waals surface area contributed by atoms with Crippen LogP contribution < -0.4 is 0 Å². The number of esters is 2. The standard InChI is InChI=1S/C57H126N4O9Si5/c1-22-56(62)66-47-41-60(8,9)38-26-33-52-74(18,19)69-72(14,15)50-31-24-36-58(4,5)35-23-28-43-65-49-54-71(12,13)68-45-30-29-44-64-46-40-59(6,7)37-25-32-51-73(16,17)70-75(20,21)53-34-27-39-61(10,11)42-48-67-57(63)55(2)3/h22H,1-2,23-54H2,3-21H3/q+4. The third kappa shape index (κ3) is 43.6. The molecule has 0 amide bonds. The fourth-order valence-corrected chi connectivity index (χ4v) is 29.3. The lowest BCUT2D eigenvalue weighted by atomic mass is 10.2. The van der Waals surface area contributed by atoms with E-state index in [9.17, 15) is 9.59 Å². The second kappa shape index (κ2) is 36.5. The van der Waals surface area contributed by atoms with Gasteiger partial charge in [0.05, 0.1) is 95.7 Å². The Bertz CT molecular complexity index is 1590. The van der Waals surface area contributed by atoms with Crippen molar-refractivity contribution in [2.24, 2.45) is 0 Å². The van der Waals surface area contributed by atoms with E-state index in [0.717, 1.165) is 115 Å². The van der Waals surface area contributed by atoms with Crippen molar-refractivity contribution >= 4 is 53.5 Å². The molecule has 0 saturated carbocycles. The summed E-state index contributed by atoms with van der Waals surface area (Å²) in [6, 6.07) is 5.91. The molecule has 0 aliphatic rings. The summed E-state index contributed by atoms with van der Waals surface area (Å²) in [5, 5.41) is 0. The van der Waals surface area contributed by atoms with Gasteiger partial charge in [-0.25, -0.2) is 9.59 Å². The number of nitrogens with zero attached hydrogens (tertiary/aromatic N) is 4. The van der Waals surface area contributed by atoms with Gasteiger partial charge >= 0.3 is 11.9 Å². The smallest absolute Gasteiger partial charge is 0.333 e. The van der Waals surface area contributed by atoms with Gasteiger partial charge in [-0.05, 0) is 180 Å². The average Bonchev–Trinajstić information content (AvgIpc) is 3.26. The minimum Gasteiger partial charge on any atom is -0.457 e. The average molecular weight is 1150 g/mol. The third-order valence-electron chi connectivity index (χ3n) is 14.8. The molecule has 0 aromatic rings. The summed E-state index contributed by atoms with van der Waals surface area (Å²) in [6.07, 6.45) is 15.3. The first-order chi connectivity index (χ1) is 34.4. The van der Waals surface area contributed by atoms with Crippen LogP contribution in [0.4, 0.5) is 0 Å². The van der Waals surface area contributed by atoms with Crippen LogP contribution >= 0.6 is 0 Å². The molecule has 0 aliphatic heterocycles. The van der Waals surface area contributed by atoms with Gasteiger partial charge in [0.2, 0.25) is 0 Å². The normalized spacial score (nSPS) is 13.6. The summed E-state index contributed by atoms with van der Waals surface area (Å²) < 4.78 is 46.9. The van der Waals surface area contributed by atoms with Crippen LogP contribution in [0.3, 0.4) is 0 Å². The van der Waals surface area contributed by atoms with Gasteiger partial charge in [0, 0.05) is 38.1 Å². The van der Waals surface area contributed by atoms with Crippen LogP contribution in [0.15, 0.2) is 24.8 Å². The number of hydrogen-bond donors (Lipinski definition) is 0. The van der Waals surface area contributed by atoms with E-state index >= 15 is 0 Å². The number of rotatable bonds is 49. The quantitative estimate of drug-likeness (QED) is 0.0194. The van der Waals surface area contributed by atoms with E-state index in [2.05, 4.69) is 135 Å². The zero-order chi connectivity index (χ0) is 57.5. The van der Waals surface area contributed by atoms with Gasteiger partial charge in [0.15, 0.2) is 41.6 Å². The first-order valence-electron chi connectivity index (χ1n) is 29.5. The maximum absolute atomic E-state index is 11.7. The number of quaternary nitrogens is 4. The Morgan fingerprint density at radius 1 is 0.387 bits per heavy atom. The van der Waals surface area contributed by atoms with Crippen molar-refractivity contribution in [2.45, 2.75) is 180 Å². The van der Waals surface area contributed by atoms with Gasteiger partial charge in [-0.15, -0.1) is 0 Å². The van der Waals surface area contributed by atoms with Gasteiger partial charge in [0.25, 0.3) is 0 Å². The van der Waals surface area contributed by atoms with E-state index in [-0.39, 0.29) is 11.9 Å². The number of carbonyl (C=O) groups is 2. The Balaban J connectivity index is 4.11. The van der Waals surface area contributed by atoms with Crippen molar-refractivity contribution < 1.29 is 59.1 Å². The highest BCUT2D eigenvalue weighted by atomic mass is 28.4. The van der Waals surface area contributed by atoms with Crippen LogP contribution in [0.25, 0.3) is 0 Å². The molecule has 444 valence electrons. The molecule has 0 aromatic heterocycles. The maximum Gasteiger partial charge on any atom is 0.333 e. The van der Waals surface area contributed by atoms with Crippen molar-refractivity contribution in [3.05, 3.63) is 24.8 Å². The van der Waals surface area contributed by atoms with Crippen molar-refractivity contribution in [1.29, 1.82) is 0 Å². The van der Waals surface area contributed by atoms with E-state index in [1.165, 1.54) is 101 Å². The summed E-state index contributed by atoms with van der Waals surface area (Å²) in [6.45, 7) is 46.2. The molecular weight excluding hydrogens is 1030 g/mol. The van der Waals surface area contributed by atoms with E-state index in [1.807, 2.05) is 0 Å². The van der Waals surface area contributed by atoms with E-state index in [0.29, 0.717) is 18.8 Å². The van der Waals surface area contributed by atoms with Crippen LogP contribution in [-0.4, -0.2) is 226 Å². The first kappa shape index (κ1) is 74.1. The molecule has 0 saturated heterocycles. The van der Waals surface area contributed by atoms with Crippen LogP contribution in [0.1, 0.15) is 84.0 Å². The fraction of sp³-hybridized carbons (Fsp3) is 0.895. The monoisotopic (exact) mass is 1150 g/mol. The number of unbranched alkanes of at least 4 members (excludes halogenated alkanes) is 6. The summed E-state index contributed by atoms with van der Waals surface area (Å²) in [7, 11) is 9.71. The summed E-state index contributed by atoms with van der Waals surface area (Å²) in [5.74, 6) is -0.638. The molecule has 0 heterocycles. The molecule has 75 heavy (non-hydrogen) atoms. The predicted molar refractivity (Wildman–Crippen MR) is 331 cm³/mol. The van der Waals surface area contributed by atoms with Crippen molar-refractivity contribution in [3.8, 4) is 0 Å². The van der Waals surface area contributed by atoms with Gasteiger partial charge in [-0.2, -0.15) is 0 Å². The largest absolute Gasteiger partial charge is 0.457 e. The van der Waals surface area contributed by atoms with Gasteiger partial charge in [-0.3, -0.25) is 0 Å². The molecule has 0 radical (unpaired) electrons. The first-order valence-corrected chi connectivity index (χ1v) is 45.1. The lowest BCUT2D eigenvalue weighted by Crippen LogP contribution is -2.45. The van der Waals surface area contributed by atoms with E-state index in [4.69, 9.17) is 31.6 Å². The van der Waals surface area contributed by atoms with Gasteiger partial charge < -0.3 is 49.5 Å². The Morgan fingerprint density at radius 3 is 1.09 bits per heavy atom. The Kier molecular flexibility index (Phi) is 36.1. The molecule has 0 N–H and O–H groups in total. The summed E-state index contributed by atoms with van der Waals surface area (Å²) in [4.78, 5) is 23.1. The van der Waals surface area contributed by atoms with E-state index < -0.39 is 41.6 Å². The van der Waals surface area contributed by atoms with Crippen molar-refractivity contribution in [2.75, 3.05) is 155 Å². The molecule has 0 atom stereocenters. The Hall–Kier alpha value is -0.856. The molecule has 0 bridgehead atoms. The number of ether oxygens (including phenoxy) is 4. The third-order valence-corrected chi connectivity index (χ3v) is 32.3. The van der Waals surface area contributed by atoms with Crippen molar-refractivity contribution in [1.82, 2.24) is 0 Å². The minimum absolute atomic E-state index is 0.296. The maximum atomic E-state index is 11.7. The Morgan fingerprint density at radius 2 is 0.707 bits per heavy atom. The number of hydrogen-bond acceptors (Lipinski definition) is 9. The fourth-order valence-electron chi connectivity index (χ4n) is 9.77. The minimum atomic E-state index is -1.74. The van der Waals surface area contributed by atoms with Crippen molar-refractivity contribution in [3.63, 3.8) is 0 Å². The van der Waals surface area contributed by atoms with Crippen LogP contribution in [0.5, 0.6) is 0 Å². The van der Waals surface area contributed by atoms with Crippen LogP contribution in [-0.2, 0) is 41.2 Å². The highest BCUT2D eigenvalue weighted by Crippen LogP contribution is 2.27. The molecule has 0 spiro atoms. The SMILES string of the molecule is C=CC(=O)OCC[N+](C)(C)CCCC[Si](C)(C)O[Si](C)(C)CCCC[N+](C)(C)CCCCOCC[Si](C)(C)OCCCCOCC[N+](C)(C)CCCC[Si](C)(C)O[Si](C)(C)CCCC[N+](C)(C)CCOC(=O)C(=C)C. The second-order valence-electron chi connectivity index (χ2n) is 27.9. The van der Waals surface area contributed by atoms with Gasteiger partial charge in [0.1, 0.15) is 32.8 Å². The molecule has 0 unspecified atom stereocenters. The highest BCUT2D eigenvalue weighted by Gasteiger charge is 2.34. The molecule has 0 aromatic carbocycles. The topological polar surface area (TPSA) is 98.8 Å². The number of likely N-dealkylation sites (N-methyl/N-ethyl adjacent to an activating group) is 3. The molecular formula is C57H126N4O9Si5+4. The highest BCUT2D eigenvalue weighted by molar-refractivity contribution is 6.85. The van der Waals surface area contributed by atoms with Crippen LogP contribution in [0, 0.1) is 0 Å².